The molecule has 0 spiro atoms. The minimum atomic E-state index is -0.671. The van der Waals surface area contributed by atoms with Gasteiger partial charge in [-0.3, -0.25) is 4.90 Å². The van der Waals surface area contributed by atoms with E-state index >= 15 is 0 Å². The minimum absolute atomic E-state index is 0.180. The Bertz CT molecular complexity index is 437. The van der Waals surface area contributed by atoms with Crippen LogP contribution >= 0.6 is 11.6 Å². The lowest BCUT2D eigenvalue weighted by molar-refractivity contribution is 0.00352. The molecule has 1 aromatic rings. The number of likely N-dealkylation sites (N-methyl/N-ethyl adjacent to an activating group) is 1. The highest BCUT2D eigenvalue weighted by Crippen LogP contribution is 2.41. The van der Waals surface area contributed by atoms with Gasteiger partial charge in [0.05, 0.1) is 11.1 Å². The van der Waals surface area contributed by atoms with Crippen LogP contribution < -0.4 is 4.74 Å². The maximum atomic E-state index is 13.5. The molecule has 2 atom stereocenters. The summed E-state index contributed by atoms with van der Waals surface area (Å²) in [4.78, 5) is 2.07. The number of benzene rings is 1. The number of hydrogen-bond acceptors (Lipinski definition) is 3. The van der Waals surface area contributed by atoms with E-state index in [-0.39, 0.29) is 17.7 Å². The molecule has 0 aromatic heterocycles. The molecule has 1 aliphatic rings. The molecule has 2 rings (SSSR count). The van der Waals surface area contributed by atoms with Gasteiger partial charge >= 0.3 is 0 Å². The van der Waals surface area contributed by atoms with Crippen molar-refractivity contribution in [2.45, 2.75) is 26.0 Å². The first-order valence-electron chi connectivity index (χ1n) is 6.12. The number of aliphatic hydroxyl groups is 1. The Morgan fingerprint density at radius 2 is 2.11 bits per heavy atom. The molecule has 2 unspecified atom stereocenters. The number of rotatable bonds is 3. The van der Waals surface area contributed by atoms with Crippen LogP contribution in [0.4, 0.5) is 4.39 Å². The van der Waals surface area contributed by atoms with E-state index in [4.69, 9.17) is 16.3 Å². The predicted molar refractivity (Wildman–Crippen MR) is 68.6 cm³/mol. The molecular weight excluding hydrogens is 257 g/mol. The summed E-state index contributed by atoms with van der Waals surface area (Å²) in [5, 5.41) is 10.4. The molecule has 0 saturated carbocycles. The van der Waals surface area contributed by atoms with Crippen molar-refractivity contribution in [2.75, 3.05) is 19.7 Å². The van der Waals surface area contributed by atoms with Crippen molar-refractivity contribution >= 4 is 11.6 Å². The third kappa shape index (κ3) is 2.32. The minimum Gasteiger partial charge on any atom is -0.489 e. The predicted octanol–water partition coefficient (Wildman–Crippen LogP) is 2.62. The zero-order valence-electron chi connectivity index (χ0n) is 10.5. The molecule has 100 valence electrons. The fourth-order valence-electron chi connectivity index (χ4n) is 2.48. The second-order valence-electron chi connectivity index (χ2n) is 4.35. The molecule has 1 N–H and O–H groups in total. The molecule has 3 nitrogen and oxygen atoms in total. The van der Waals surface area contributed by atoms with Gasteiger partial charge in [-0.2, -0.15) is 0 Å². The van der Waals surface area contributed by atoms with Gasteiger partial charge in [-0.1, -0.05) is 25.4 Å². The summed E-state index contributed by atoms with van der Waals surface area (Å²) < 4.78 is 18.9. The molecule has 0 bridgehead atoms. The summed E-state index contributed by atoms with van der Waals surface area (Å²) >= 11 is 5.99. The molecule has 18 heavy (non-hydrogen) atoms. The third-order valence-corrected chi connectivity index (χ3v) is 3.61. The van der Waals surface area contributed by atoms with Crippen LogP contribution in [0.2, 0.25) is 5.02 Å². The first kappa shape index (κ1) is 13.6. The van der Waals surface area contributed by atoms with Crippen LogP contribution in [0.25, 0.3) is 0 Å². The largest absolute Gasteiger partial charge is 0.489 e. The van der Waals surface area contributed by atoms with E-state index in [9.17, 15) is 9.50 Å². The summed E-state index contributed by atoms with van der Waals surface area (Å²) in [5.41, 5.74) is 0.627. The van der Waals surface area contributed by atoms with Gasteiger partial charge in [0.25, 0.3) is 0 Å². The Labute approximate surface area is 111 Å². The van der Waals surface area contributed by atoms with E-state index in [0.29, 0.717) is 11.3 Å². The van der Waals surface area contributed by atoms with Gasteiger partial charge in [0, 0.05) is 5.56 Å². The highest BCUT2D eigenvalue weighted by atomic mass is 35.5. The van der Waals surface area contributed by atoms with E-state index in [1.165, 1.54) is 12.1 Å². The van der Waals surface area contributed by atoms with Crippen molar-refractivity contribution in [2.24, 2.45) is 0 Å². The molecule has 0 fully saturated rings. The summed E-state index contributed by atoms with van der Waals surface area (Å²) in [7, 11) is 0. The zero-order valence-corrected chi connectivity index (χ0v) is 11.2. The molecule has 0 amide bonds. The van der Waals surface area contributed by atoms with Gasteiger partial charge in [-0.15, -0.1) is 0 Å². The van der Waals surface area contributed by atoms with Gasteiger partial charge in [-0.25, -0.2) is 4.39 Å². The van der Waals surface area contributed by atoms with Crippen LogP contribution in [-0.4, -0.2) is 35.8 Å². The molecular formula is C13H17ClFNO2. The molecule has 0 radical (unpaired) electrons. The van der Waals surface area contributed by atoms with Crippen molar-refractivity contribution in [1.29, 1.82) is 0 Å². The maximum Gasteiger partial charge on any atom is 0.143 e. The van der Waals surface area contributed by atoms with Crippen LogP contribution in [0.5, 0.6) is 5.75 Å². The molecule has 5 heteroatoms. The van der Waals surface area contributed by atoms with Crippen LogP contribution in [0.1, 0.15) is 25.5 Å². The lowest BCUT2D eigenvalue weighted by Gasteiger charge is -2.38. The van der Waals surface area contributed by atoms with Gasteiger partial charge in [0.15, 0.2) is 0 Å². The highest BCUT2D eigenvalue weighted by Gasteiger charge is 2.34. The summed E-state index contributed by atoms with van der Waals surface area (Å²) in [6.07, 6.45) is -0.671. The van der Waals surface area contributed by atoms with Crippen molar-refractivity contribution in [1.82, 2.24) is 4.90 Å². The van der Waals surface area contributed by atoms with E-state index < -0.39 is 11.9 Å². The molecule has 0 aliphatic carbocycles. The number of aliphatic hydroxyl groups excluding tert-OH is 1. The van der Waals surface area contributed by atoms with E-state index in [2.05, 4.69) is 4.90 Å². The molecule has 1 aromatic carbocycles. The lowest BCUT2D eigenvalue weighted by atomic mass is 9.96. The average Bonchev–Trinajstić information content (AvgIpc) is 2.33. The Morgan fingerprint density at radius 3 is 2.72 bits per heavy atom. The van der Waals surface area contributed by atoms with Gasteiger partial charge in [0.2, 0.25) is 0 Å². The SMILES string of the molecule is CCN(CC)C1c2cc(F)cc(Cl)c2OCC1O. The Morgan fingerprint density at radius 1 is 1.44 bits per heavy atom. The summed E-state index contributed by atoms with van der Waals surface area (Å²) in [6, 6.07) is 2.36. The normalized spacial score (nSPS) is 22.8. The van der Waals surface area contributed by atoms with Gasteiger partial charge in [0.1, 0.15) is 24.3 Å². The number of fused-ring (bicyclic) bond motifs is 1. The smallest absolute Gasteiger partial charge is 0.143 e. The average molecular weight is 274 g/mol. The molecule has 0 saturated heterocycles. The van der Waals surface area contributed by atoms with Crippen molar-refractivity contribution in [3.05, 3.63) is 28.5 Å². The summed E-state index contributed by atoms with van der Waals surface area (Å²) in [6.45, 7) is 5.73. The zero-order chi connectivity index (χ0) is 13.3. The van der Waals surface area contributed by atoms with E-state index in [0.717, 1.165) is 13.1 Å². The Kier molecular flexibility index (Phi) is 4.10. The number of hydrogen-bond donors (Lipinski definition) is 1. The van der Waals surface area contributed by atoms with Crippen LogP contribution in [0, 0.1) is 5.82 Å². The number of ether oxygens (including phenoxy) is 1. The first-order valence-corrected chi connectivity index (χ1v) is 6.50. The second-order valence-corrected chi connectivity index (χ2v) is 4.76. The van der Waals surface area contributed by atoms with Crippen molar-refractivity contribution in [3.8, 4) is 5.75 Å². The number of halogens is 2. The summed E-state index contributed by atoms with van der Waals surface area (Å²) in [5.74, 6) is 0.0777. The number of nitrogens with zero attached hydrogens (tertiary/aromatic N) is 1. The fraction of sp³-hybridized carbons (Fsp3) is 0.538. The van der Waals surface area contributed by atoms with Crippen LogP contribution in [0.15, 0.2) is 12.1 Å². The van der Waals surface area contributed by atoms with Crippen LogP contribution in [0.3, 0.4) is 0 Å². The van der Waals surface area contributed by atoms with E-state index in [1.807, 2.05) is 13.8 Å². The monoisotopic (exact) mass is 273 g/mol. The van der Waals surface area contributed by atoms with E-state index in [1.54, 1.807) is 0 Å². The highest BCUT2D eigenvalue weighted by molar-refractivity contribution is 6.32. The standard InChI is InChI=1S/C13H17ClFNO2/c1-3-16(4-2)12-9-5-8(15)6-10(14)13(9)18-7-11(12)17/h5-6,11-12,17H,3-4,7H2,1-2H3. The van der Waals surface area contributed by atoms with Gasteiger partial charge < -0.3 is 9.84 Å². The first-order chi connectivity index (χ1) is 8.58. The van der Waals surface area contributed by atoms with Crippen LogP contribution in [-0.2, 0) is 0 Å². The molecule has 1 aliphatic heterocycles. The topological polar surface area (TPSA) is 32.7 Å². The fourth-order valence-corrected chi connectivity index (χ4v) is 2.74. The maximum absolute atomic E-state index is 13.5. The van der Waals surface area contributed by atoms with Gasteiger partial charge in [-0.05, 0) is 25.2 Å². The van der Waals surface area contributed by atoms with Crippen molar-refractivity contribution < 1.29 is 14.2 Å². The lowest BCUT2D eigenvalue weighted by Crippen LogP contribution is -2.42. The quantitative estimate of drug-likeness (QED) is 0.919. The molecule has 1 heterocycles. The Hall–Kier alpha value is -0.840. The van der Waals surface area contributed by atoms with Crippen molar-refractivity contribution in [3.63, 3.8) is 0 Å². The third-order valence-electron chi connectivity index (χ3n) is 3.32. The second kappa shape index (κ2) is 5.43. The Balaban J connectivity index is 2.49.